The zero-order valence-corrected chi connectivity index (χ0v) is 17.3. The van der Waals surface area contributed by atoms with E-state index in [-0.39, 0.29) is 24.1 Å². The smallest absolute Gasteiger partial charge is 0.256 e. The van der Waals surface area contributed by atoms with Crippen LogP contribution < -0.4 is 0 Å². The van der Waals surface area contributed by atoms with Crippen molar-refractivity contribution < 1.29 is 23.5 Å². The minimum absolute atomic E-state index is 0.0111. The molecule has 0 saturated carbocycles. The van der Waals surface area contributed by atoms with Crippen molar-refractivity contribution >= 4 is 11.8 Å². The Balaban J connectivity index is 1.69. The molecule has 1 atom stereocenters. The first-order valence-electron chi connectivity index (χ1n) is 10.00. The van der Waals surface area contributed by atoms with Crippen LogP contribution in [0.4, 0.5) is 4.39 Å². The van der Waals surface area contributed by atoms with Crippen molar-refractivity contribution in [2.24, 2.45) is 0 Å². The van der Waals surface area contributed by atoms with E-state index in [0.29, 0.717) is 38.4 Å². The largest absolute Gasteiger partial charge is 0.383 e. The van der Waals surface area contributed by atoms with Gasteiger partial charge in [0.1, 0.15) is 5.82 Å². The molecule has 1 unspecified atom stereocenters. The molecule has 1 saturated heterocycles. The summed E-state index contributed by atoms with van der Waals surface area (Å²) in [7, 11) is 1.55. The highest BCUT2D eigenvalue weighted by atomic mass is 19.1. The normalized spacial score (nSPS) is 16.4. The molecule has 0 N–H and O–H groups in total. The van der Waals surface area contributed by atoms with Gasteiger partial charge in [0, 0.05) is 38.9 Å². The van der Waals surface area contributed by atoms with E-state index in [1.807, 2.05) is 31.2 Å². The van der Waals surface area contributed by atoms with Crippen LogP contribution in [0.3, 0.4) is 0 Å². The molecular formula is C23H27FN2O4. The van der Waals surface area contributed by atoms with Gasteiger partial charge in [-0.25, -0.2) is 4.39 Å². The summed E-state index contributed by atoms with van der Waals surface area (Å²) in [5.41, 5.74) is 1.73. The molecule has 160 valence electrons. The number of morpholine rings is 1. The number of rotatable bonds is 7. The monoisotopic (exact) mass is 414 g/mol. The molecule has 2 aromatic carbocycles. The first-order chi connectivity index (χ1) is 14.5. The highest BCUT2D eigenvalue weighted by Crippen LogP contribution is 2.15. The fraction of sp³-hybridized carbons (Fsp3) is 0.391. The van der Waals surface area contributed by atoms with Crippen molar-refractivity contribution in [1.82, 2.24) is 9.80 Å². The van der Waals surface area contributed by atoms with E-state index in [1.165, 1.54) is 17.0 Å². The van der Waals surface area contributed by atoms with Crippen LogP contribution in [-0.2, 0) is 9.47 Å². The second-order valence-electron chi connectivity index (χ2n) is 7.33. The van der Waals surface area contributed by atoms with Crippen LogP contribution >= 0.6 is 0 Å². The summed E-state index contributed by atoms with van der Waals surface area (Å²) < 4.78 is 25.1. The molecule has 0 radical (unpaired) electrons. The van der Waals surface area contributed by atoms with E-state index in [4.69, 9.17) is 9.47 Å². The number of hydrogen-bond acceptors (Lipinski definition) is 4. The van der Waals surface area contributed by atoms with Gasteiger partial charge in [0.15, 0.2) is 0 Å². The molecule has 0 bridgehead atoms. The number of amides is 2. The van der Waals surface area contributed by atoms with E-state index in [2.05, 4.69) is 0 Å². The Hall–Kier alpha value is -2.77. The number of hydrogen-bond donors (Lipinski definition) is 0. The van der Waals surface area contributed by atoms with Gasteiger partial charge in [0.2, 0.25) is 0 Å². The van der Waals surface area contributed by atoms with Crippen molar-refractivity contribution in [2.45, 2.75) is 13.0 Å². The zero-order valence-electron chi connectivity index (χ0n) is 17.3. The number of ether oxygens (including phenoxy) is 2. The fourth-order valence-electron chi connectivity index (χ4n) is 3.42. The van der Waals surface area contributed by atoms with E-state index >= 15 is 0 Å². The van der Waals surface area contributed by atoms with Gasteiger partial charge >= 0.3 is 0 Å². The summed E-state index contributed by atoms with van der Waals surface area (Å²) in [6.45, 7) is 4.07. The van der Waals surface area contributed by atoms with Crippen molar-refractivity contribution in [3.63, 3.8) is 0 Å². The molecule has 1 aliphatic rings. The molecule has 1 heterocycles. The third-order valence-electron chi connectivity index (χ3n) is 5.11. The Kier molecular flexibility index (Phi) is 7.54. The Morgan fingerprint density at radius 1 is 1.20 bits per heavy atom. The van der Waals surface area contributed by atoms with Crippen molar-refractivity contribution in [2.75, 3.05) is 46.5 Å². The summed E-state index contributed by atoms with van der Waals surface area (Å²) in [6.07, 6.45) is -0.360. The molecule has 2 amide bonds. The lowest BCUT2D eigenvalue weighted by Gasteiger charge is -2.36. The highest BCUT2D eigenvalue weighted by Gasteiger charge is 2.29. The number of aryl methyl sites for hydroxylation is 1. The molecule has 2 aromatic rings. The Bertz CT molecular complexity index is 872. The summed E-state index contributed by atoms with van der Waals surface area (Å²) in [5, 5.41) is 0. The van der Waals surface area contributed by atoms with Crippen LogP contribution in [0.5, 0.6) is 0 Å². The van der Waals surface area contributed by atoms with Gasteiger partial charge in [-0.1, -0.05) is 29.8 Å². The molecule has 1 fully saturated rings. The molecule has 3 rings (SSSR count). The SMILES string of the molecule is COCCN(CC1CN(C(=O)c2ccc(C)cc2)CCO1)C(=O)c1ccccc1F. The Labute approximate surface area is 176 Å². The maximum absolute atomic E-state index is 14.1. The first kappa shape index (κ1) is 21.9. The minimum atomic E-state index is -0.564. The number of carbonyl (C=O) groups is 2. The second-order valence-corrected chi connectivity index (χ2v) is 7.33. The van der Waals surface area contributed by atoms with Gasteiger partial charge in [-0.3, -0.25) is 9.59 Å². The molecule has 30 heavy (non-hydrogen) atoms. The predicted molar refractivity (Wildman–Crippen MR) is 111 cm³/mol. The van der Waals surface area contributed by atoms with E-state index in [0.717, 1.165) is 5.56 Å². The maximum Gasteiger partial charge on any atom is 0.256 e. The van der Waals surface area contributed by atoms with E-state index < -0.39 is 11.7 Å². The van der Waals surface area contributed by atoms with Gasteiger partial charge in [-0.05, 0) is 31.2 Å². The van der Waals surface area contributed by atoms with Gasteiger partial charge in [0.25, 0.3) is 11.8 Å². The van der Waals surface area contributed by atoms with Crippen molar-refractivity contribution in [1.29, 1.82) is 0 Å². The second kappa shape index (κ2) is 10.3. The molecule has 0 aromatic heterocycles. The van der Waals surface area contributed by atoms with Crippen molar-refractivity contribution in [3.05, 3.63) is 71.0 Å². The number of halogens is 1. The minimum Gasteiger partial charge on any atom is -0.383 e. The number of benzene rings is 2. The van der Waals surface area contributed by atoms with Gasteiger partial charge in [0.05, 0.1) is 24.9 Å². The number of carbonyl (C=O) groups excluding carboxylic acids is 2. The Morgan fingerprint density at radius 2 is 1.93 bits per heavy atom. The molecule has 0 spiro atoms. The Morgan fingerprint density at radius 3 is 2.63 bits per heavy atom. The zero-order chi connectivity index (χ0) is 21.5. The number of methoxy groups -OCH3 is 1. The topological polar surface area (TPSA) is 59.1 Å². The predicted octanol–water partition coefficient (Wildman–Crippen LogP) is 2.76. The molecule has 7 heteroatoms. The van der Waals surface area contributed by atoms with Gasteiger partial charge < -0.3 is 19.3 Å². The quantitative estimate of drug-likeness (QED) is 0.699. The molecule has 1 aliphatic heterocycles. The van der Waals surface area contributed by atoms with Crippen LogP contribution in [0.25, 0.3) is 0 Å². The first-order valence-corrected chi connectivity index (χ1v) is 10.00. The molecule has 0 aliphatic carbocycles. The van der Waals surface area contributed by atoms with Crippen LogP contribution in [0, 0.1) is 12.7 Å². The molecular weight excluding hydrogens is 387 g/mol. The average molecular weight is 414 g/mol. The lowest BCUT2D eigenvalue weighted by molar-refractivity contribution is -0.0347. The summed E-state index contributed by atoms with van der Waals surface area (Å²) in [5.74, 6) is -1.05. The molecule has 6 nitrogen and oxygen atoms in total. The lowest BCUT2D eigenvalue weighted by atomic mass is 10.1. The maximum atomic E-state index is 14.1. The third kappa shape index (κ3) is 5.43. The lowest BCUT2D eigenvalue weighted by Crippen LogP contribution is -2.51. The van der Waals surface area contributed by atoms with Gasteiger partial charge in [-0.2, -0.15) is 0 Å². The third-order valence-corrected chi connectivity index (χ3v) is 5.11. The van der Waals surface area contributed by atoms with Crippen LogP contribution in [0.1, 0.15) is 26.3 Å². The summed E-state index contributed by atoms with van der Waals surface area (Å²) >= 11 is 0. The highest BCUT2D eigenvalue weighted by molar-refractivity contribution is 5.95. The fourth-order valence-corrected chi connectivity index (χ4v) is 3.42. The average Bonchev–Trinajstić information content (AvgIpc) is 2.77. The van der Waals surface area contributed by atoms with Crippen LogP contribution in [0.15, 0.2) is 48.5 Å². The summed E-state index contributed by atoms with van der Waals surface area (Å²) in [4.78, 5) is 29.0. The van der Waals surface area contributed by atoms with E-state index in [1.54, 1.807) is 24.1 Å². The number of nitrogens with zero attached hydrogens (tertiary/aromatic N) is 2. The standard InChI is InChI=1S/C23H27FN2O4/c1-17-7-9-18(10-8-17)22(27)25-12-14-30-19(15-25)16-26(11-13-29-2)23(28)20-5-3-4-6-21(20)24/h3-10,19H,11-16H2,1-2H3. The van der Waals surface area contributed by atoms with E-state index in [9.17, 15) is 14.0 Å². The van der Waals surface area contributed by atoms with Gasteiger partial charge in [-0.15, -0.1) is 0 Å². The van der Waals surface area contributed by atoms with Crippen LogP contribution in [0.2, 0.25) is 0 Å². The van der Waals surface area contributed by atoms with Crippen LogP contribution in [-0.4, -0.2) is 74.2 Å². The van der Waals surface area contributed by atoms with Crippen molar-refractivity contribution in [3.8, 4) is 0 Å². The summed E-state index contributed by atoms with van der Waals surface area (Å²) in [6, 6.07) is 13.3.